The Morgan fingerprint density at radius 1 is 1.47 bits per heavy atom. The molecule has 7 heteroatoms. The van der Waals surface area contributed by atoms with E-state index >= 15 is 0 Å². The maximum atomic E-state index is 10.8. The summed E-state index contributed by atoms with van der Waals surface area (Å²) in [6, 6.07) is 4.42. The molecule has 17 heavy (non-hydrogen) atoms. The van der Waals surface area contributed by atoms with Crippen LogP contribution in [0.5, 0.6) is 0 Å². The van der Waals surface area contributed by atoms with Crippen LogP contribution in [0, 0.1) is 0 Å². The van der Waals surface area contributed by atoms with E-state index in [4.69, 9.17) is 16.7 Å². The molecular weight excluding hydrogens is 244 g/mol. The first-order chi connectivity index (χ1) is 8.04. The zero-order chi connectivity index (χ0) is 12.4. The summed E-state index contributed by atoms with van der Waals surface area (Å²) in [4.78, 5) is 14.8. The van der Waals surface area contributed by atoms with Crippen molar-refractivity contribution in [2.75, 3.05) is 5.32 Å². The van der Waals surface area contributed by atoms with Crippen molar-refractivity contribution < 1.29 is 9.90 Å². The molecule has 0 fully saturated rings. The number of carboxylic acids is 1. The van der Waals surface area contributed by atoms with Crippen LogP contribution in [0.2, 0.25) is 5.15 Å². The molecule has 0 atom stereocenters. The number of aromatic nitrogens is 3. The lowest BCUT2D eigenvalue weighted by Crippen LogP contribution is -2.01. The number of halogens is 1. The van der Waals surface area contributed by atoms with Crippen molar-refractivity contribution in [1.82, 2.24) is 14.8 Å². The average molecular weight is 253 g/mol. The summed E-state index contributed by atoms with van der Waals surface area (Å²) < 4.78 is 1.62. The number of nitrogens with zero attached hydrogens (tertiary/aromatic N) is 3. The van der Waals surface area contributed by atoms with E-state index in [0.29, 0.717) is 11.6 Å². The summed E-state index contributed by atoms with van der Waals surface area (Å²) in [5.41, 5.74) is 0.0726. The van der Waals surface area contributed by atoms with Crippen molar-refractivity contribution in [1.29, 1.82) is 0 Å². The van der Waals surface area contributed by atoms with Gasteiger partial charge >= 0.3 is 5.97 Å². The number of carbonyl (C=O) groups is 1. The van der Waals surface area contributed by atoms with Crippen molar-refractivity contribution in [3.8, 4) is 0 Å². The number of rotatable bonds is 3. The van der Waals surface area contributed by atoms with Crippen LogP contribution in [0.3, 0.4) is 0 Å². The molecule has 0 aliphatic carbocycles. The number of hydrogen-bond acceptors (Lipinski definition) is 4. The van der Waals surface area contributed by atoms with Crippen LogP contribution in [0.4, 0.5) is 11.6 Å². The minimum Gasteiger partial charge on any atom is -0.478 e. The van der Waals surface area contributed by atoms with Gasteiger partial charge < -0.3 is 10.4 Å². The van der Waals surface area contributed by atoms with Crippen LogP contribution in [-0.4, -0.2) is 25.8 Å². The molecule has 0 saturated heterocycles. The van der Waals surface area contributed by atoms with E-state index in [0.717, 1.165) is 0 Å². The second-order valence-corrected chi connectivity index (χ2v) is 3.76. The summed E-state index contributed by atoms with van der Waals surface area (Å²) in [7, 11) is 1.78. The van der Waals surface area contributed by atoms with E-state index in [1.165, 1.54) is 12.1 Å². The lowest BCUT2D eigenvalue weighted by Gasteiger charge is -2.03. The van der Waals surface area contributed by atoms with Crippen LogP contribution in [0.1, 0.15) is 10.4 Å². The third-order valence-corrected chi connectivity index (χ3v) is 2.20. The minimum atomic E-state index is -1.06. The molecule has 0 unspecified atom stereocenters. The van der Waals surface area contributed by atoms with Crippen LogP contribution in [0.15, 0.2) is 24.4 Å². The van der Waals surface area contributed by atoms with E-state index in [9.17, 15) is 4.79 Å². The van der Waals surface area contributed by atoms with Crippen molar-refractivity contribution >= 4 is 29.2 Å². The third kappa shape index (κ3) is 2.73. The molecule has 0 aromatic carbocycles. The molecule has 2 rings (SSSR count). The Kier molecular flexibility index (Phi) is 2.97. The van der Waals surface area contributed by atoms with Gasteiger partial charge in [-0.1, -0.05) is 11.6 Å². The zero-order valence-corrected chi connectivity index (χ0v) is 9.64. The lowest BCUT2D eigenvalue weighted by molar-refractivity contribution is 0.0697. The molecule has 2 aromatic heterocycles. The Morgan fingerprint density at radius 3 is 2.82 bits per heavy atom. The Balaban J connectivity index is 2.29. The molecule has 88 valence electrons. The second kappa shape index (κ2) is 4.42. The molecule has 2 N–H and O–H groups in total. The number of hydrogen-bond donors (Lipinski definition) is 2. The molecule has 0 aliphatic heterocycles. The summed E-state index contributed by atoms with van der Waals surface area (Å²) in [6.45, 7) is 0. The van der Waals surface area contributed by atoms with Gasteiger partial charge in [-0.05, 0) is 12.1 Å². The second-order valence-electron chi connectivity index (χ2n) is 3.37. The van der Waals surface area contributed by atoms with Gasteiger partial charge in [0.15, 0.2) is 5.82 Å². The highest BCUT2D eigenvalue weighted by Gasteiger charge is 2.08. The first kappa shape index (κ1) is 11.4. The van der Waals surface area contributed by atoms with Gasteiger partial charge in [-0.15, -0.1) is 0 Å². The van der Waals surface area contributed by atoms with Gasteiger partial charge in [0.1, 0.15) is 11.0 Å². The van der Waals surface area contributed by atoms with Gasteiger partial charge in [-0.3, -0.25) is 4.68 Å². The normalized spacial score (nSPS) is 10.2. The van der Waals surface area contributed by atoms with Crippen LogP contribution >= 0.6 is 11.6 Å². The van der Waals surface area contributed by atoms with Crippen LogP contribution in [-0.2, 0) is 7.05 Å². The average Bonchev–Trinajstić information content (AvgIpc) is 2.63. The standard InChI is InChI=1S/C10H9ClN4O2/c1-15-3-2-8(14-15)13-9-5-6(10(16)17)4-7(11)12-9/h2-5H,1H3,(H,16,17)(H,12,13,14). The fourth-order valence-corrected chi connectivity index (χ4v) is 1.51. The number of pyridine rings is 1. The summed E-state index contributed by atoms with van der Waals surface area (Å²) >= 11 is 5.73. The Labute approximate surface area is 102 Å². The van der Waals surface area contributed by atoms with Crippen molar-refractivity contribution in [3.05, 3.63) is 35.1 Å². The molecule has 0 amide bonds. The number of anilines is 2. The smallest absolute Gasteiger partial charge is 0.335 e. The van der Waals surface area contributed by atoms with E-state index in [1.54, 1.807) is 24.0 Å². The highest BCUT2D eigenvalue weighted by atomic mass is 35.5. The first-order valence-electron chi connectivity index (χ1n) is 4.72. The quantitative estimate of drug-likeness (QED) is 0.816. The highest BCUT2D eigenvalue weighted by molar-refractivity contribution is 6.29. The predicted molar refractivity (Wildman–Crippen MR) is 62.7 cm³/mol. The monoisotopic (exact) mass is 252 g/mol. The predicted octanol–water partition coefficient (Wildman–Crippen LogP) is 1.91. The van der Waals surface area contributed by atoms with Gasteiger partial charge in [-0.25, -0.2) is 9.78 Å². The summed E-state index contributed by atoms with van der Waals surface area (Å²) in [5, 5.41) is 15.9. The molecule has 2 aromatic rings. The molecule has 0 aliphatic rings. The van der Waals surface area contributed by atoms with E-state index in [-0.39, 0.29) is 10.7 Å². The van der Waals surface area contributed by atoms with E-state index < -0.39 is 5.97 Å². The first-order valence-corrected chi connectivity index (χ1v) is 5.10. The van der Waals surface area contributed by atoms with Gasteiger partial charge in [0.25, 0.3) is 0 Å². The Morgan fingerprint density at radius 2 is 2.24 bits per heavy atom. The van der Waals surface area contributed by atoms with Crippen molar-refractivity contribution in [2.45, 2.75) is 0 Å². The van der Waals surface area contributed by atoms with E-state index in [1.807, 2.05) is 0 Å². The molecular formula is C10H9ClN4O2. The lowest BCUT2D eigenvalue weighted by atomic mass is 10.2. The Hall–Kier alpha value is -2.08. The maximum absolute atomic E-state index is 10.8. The maximum Gasteiger partial charge on any atom is 0.335 e. The molecule has 0 bridgehead atoms. The van der Waals surface area contributed by atoms with Gasteiger partial charge in [0.2, 0.25) is 0 Å². The Bertz CT molecular complexity index is 567. The fraction of sp³-hybridized carbons (Fsp3) is 0.100. The van der Waals surface area contributed by atoms with Crippen molar-refractivity contribution in [3.63, 3.8) is 0 Å². The summed E-state index contributed by atoms with van der Waals surface area (Å²) in [5.74, 6) is -0.148. The molecule has 0 spiro atoms. The minimum absolute atomic E-state index is 0.0726. The fourth-order valence-electron chi connectivity index (χ4n) is 1.30. The third-order valence-electron chi connectivity index (χ3n) is 2.01. The number of nitrogens with one attached hydrogen (secondary N) is 1. The molecule has 0 saturated carbocycles. The van der Waals surface area contributed by atoms with E-state index in [2.05, 4.69) is 15.4 Å². The van der Waals surface area contributed by atoms with Crippen molar-refractivity contribution in [2.24, 2.45) is 7.05 Å². The van der Waals surface area contributed by atoms with Crippen LogP contribution < -0.4 is 5.32 Å². The topological polar surface area (TPSA) is 80.0 Å². The van der Waals surface area contributed by atoms with Gasteiger partial charge in [-0.2, -0.15) is 5.10 Å². The number of aryl methyl sites for hydroxylation is 1. The molecule has 0 radical (unpaired) electrons. The number of aromatic carboxylic acids is 1. The molecule has 2 heterocycles. The molecule has 6 nitrogen and oxygen atoms in total. The zero-order valence-electron chi connectivity index (χ0n) is 8.88. The number of carboxylic acid groups (broad SMARTS) is 1. The SMILES string of the molecule is Cn1ccc(Nc2cc(C(=O)O)cc(Cl)n2)n1. The van der Waals surface area contributed by atoms with Gasteiger partial charge in [0.05, 0.1) is 5.56 Å². The largest absolute Gasteiger partial charge is 0.478 e. The van der Waals surface area contributed by atoms with Gasteiger partial charge in [0, 0.05) is 19.3 Å². The van der Waals surface area contributed by atoms with Crippen LogP contribution in [0.25, 0.3) is 0 Å². The highest BCUT2D eigenvalue weighted by Crippen LogP contribution is 2.17. The summed E-state index contributed by atoms with van der Waals surface area (Å²) in [6.07, 6.45) is 1.75.